The van der Waals surface area contributed by atoms with Crippen LogP contribution in [-0.2, 0) is 6.54 Å². The second-order valence-corrected chi connectivity index (χ2v) is 6.00. The Morgan fingerprint density at radius 2 is 2.08 bits per heavy atom. The summed E-state index contributed by atoms with van der Waals surface area (Å²) >= 11 is 0. The summed E-state index contributed by atoms with van der Waals surface area (Å²) in [5, 5.41) is 2.93. The lowest BCUT2D eigenvalue weighted by molar-refractivity contribution is 0.0675. The maximum Gasteiger partial charge on any atom is 0.317 e. The third kappa shape index (κ3) is 4.41. The highest BCUT2D eigenvalue weighted by Crippen LogP contribution is 2.30. The Balaban J connectivity index is 1.53. The molecule has 1 aromatic heterocycles. The lowest BCUT2D eigenvalue weighted by Crippen LogP contribution is -2.47. The van der Waals surface area contributed by atoms with Crippen LogP contribution >= 0.6 is 0 Å². The van der Waals surface area contributed by atoms with Crippen molar-refractivity contribution in [3.63, 3.8) is 0 Å². The van der Waals surface area contributed by atoms with E-state index in [1.165, 1.54) is 0 Å². The maximum atomic E-state index is 12.4. The van der Waals surface area contributed by atoms with Crippen LogP contribution in [0, 0.1) is 6.92 Å². The minimum Gasteiger partial charge on any atom is -0.486 e. The highest BCUT2D eigenvalue weighted by atomic mass is 16.6. The quantitative estimate of drug-likeness (QED) is 0.908. The Morgan fingerprint density at radius 1 is 1.28 bits per heavy atom. The van der Waals surface area contributed by atoms with Crippen molar-refractivity contribution in [2.45, 2.75) is 26.5 Å². The summed E-state index contributed by atoms with van der Waals surface area (Å²) in [5.74, 6) is 1.47. The minimum absolute atomic E-state index is 0.120. The number of nitrogens with zero attached hydrogens (tertiary/aromatic N) is 2. The first-order valence-electron chi connectivity index (χ1n) is 8.48. The molecule has 1 aromatic carbocycles. The minimum atomic E-state index is -0.179. The second-order valence-electron chi connectivity index (χ2n) is 6.00. The Morgan fingerprint density at radius 3 is 2.80 bits per heavy atom. The van der Waals surface area contributed by atoms with Gasteiger partial charge in [0.2, 0.25) is 0 Å². The van der Waals surface area contributed by atoms with Crippen LogP contribution in [0.1, 0.15) is 18.2 Å². The number of rotatable bonds is 5. The zero-order valence-corrected chi connectivity index (χ0v) is 14.6. The standard InChI is InChI=1S/C19H23N3O3/c1-3-22(19(23)21-11-15-9-8-14(2)20-10-15)12-16-13-24-17-6-4-5-7-18(17)25-16/h4-10,16H,3,11-13H2,1-2H3,(H,21,23). The monoisotopic (exact) mass is 341 g/mol. The van der Waals surface area contributed by atoms with E-state index in [0.717, 1.165) is 22.8 Å². The first kappa shape index (κ1) is 17.1. The van der Waals surface area contributed by atoms with Crippen molar-refractivity contribution in [3.05, 3.63) is 53.9 Å². The van der Waals surface area contributed by atoms with Crippen molar-refractivity contribution in [3.8, 4) is 11.5 Å². The van der Waals surface area contributed by atoms with Crippen LogP contribution in [0.25, 0.3) is 0 Å². The number of carbonyl (C=O) groups is 1. The molecule has 1 atom stereocenters. The van der Waals surface area contributed by atoms with Crippen LogP contribution in [-0.4, -0.2) is 41.7 Å². The van der Waals surface area contributed by atoms with Gasteiger partial charge in [0.05, 0.1) is 6.54 Å². The molecule has 0 radical (unpaired) electrons. The molecule has 0 bridgehead atoms. The van der Waals surface area contributed by atoms with Gasteiger partial charge < -0.3 is 19.7 Å². The van der Waals surface area contributed by atoms with Crippen molar-refractivity contribution < 1.29 is 14.3 Å². The van der Waals surface area contributed by atoms with Crippen LogP contribution in [0.3, 0.4) is 0 Å². The molecule has 2 amide bonds. The molecular weight excluding hydrogens is 318 g/mol. The molecule has 1 aliphatic heterocycles. The number of carbonyl (C=O) groups excluding carboxylic acids is 1. The predicted octanol–water partition coefficient (Wildman–Crippen LogP) is 2.76. The maximum absolute atomic E-state index is 12.4. The average molecular weight is 341 g/mol. The number of likely N-dealkylation sites (N-methyl/N-ethyl adjacent to an activating group) is 1. The van der Waals surface area contributed by atoms with E-state index < -0.39 is 0 Å². The molecule has 6 heteroatoms. The summed E-state index contributed by atoms with van der Waals surface area (Å²) in [7, 11) is 0. The number of amides is 2. The number of nitrogens with one attached hydrogen (secondary N) is 1. The molecule has 0 fully saturated rings. The van der Waals surface area contributed by atoms with Crippen LogP contribution in [0.5, 0.6) is 11.5 Å². The molecule has 1 aliphatic rings. The Hall–Kier alpha value is -2.76. The van der Waals surface area contributed by atoms with Gasteiger partial charge in [-0.05, 0) is 37.6 Å². The molecule has 132 valence electrons. The summed E-state index contributed by atoms with van der Waals surface area (Å²) in [5.41, 5.74) is 1.93. The van der Waals surface area contributed by atoms with Crippen molar-refractivity contribution in [2.24, 2.45) is 0 Å². The van der Waals surface area contributed by atoms with Crippen molar-refractivity contribution in [1.29, 1.82) is 0 Å². The Bertz CT molecular complexity index is 718. The number of para-hydroxylation sites is 2. The molecule has 6 nitrogen and oxygen atoms in total. The van der Waals surface area contributed by atoms with Crippen molar-refractivity contribution >= 4 is 6.03 Å². The van der Waals surface area contributed by atoms with Gasteiger partial charge in [-0.25, -0.2) is 4.79 Å². The van der Waals surface area contributed by atoms with Gasteiger partial charge in [-0.15, -0.1) is 0 Å². The summed E-state index contributed by atoms with van der Waals surface area (Å²) in [6.45, 7) is 5.84. The summed E-state index contributed by atoms with van der Waals surface area (Å²) in [4.78, 5) is 18.4. The normalized spacial score (nSPS) is 15.5. The van der Waals surface area contributed by atoms with Gasteiger partial charge in [-0.3, -0.25) is 4.98 Å². The fourth-order valence-corrected chi connectivity index (χ4v) is 2.65. The van der Waals surface area contributed by atoms with E-state index in [1.54, 1.807) is 11.1 Å². The van der Waals surface area contributed by atoms with Gasteiger partial charge in [0.15, 0.2) is 17.6 Å². The molecule has 3 rings (SSSR count). The largest absolute Gasteiger partial charge is 0.486 e. The summed E-state index contributed by atoms with van der Waals surface area (Å²) in [6, 6.07) is 11.4. The van der Waals surface area contributed by atoms with Crippen LogP contribution in [0.2, 0.25) is 0 Å². The number of urea groups is 1. The van der Waals surface area contributed by atoms with E-state index in [0.29, 0.717) is 26.2 Å². The zero-order chi connectivity index (χ0) is 17.6. The molecule has 1 unspecified atom stereocenters. The first-order chi connectivity index (χ1) is 12.2. The molecule has 2 heterocycles. The smallest absolute Gasteiger partial charge is 0.317 e. The van der Waals surface area contributed by atoms with Gasteiger partial charge >= 0.3 is 6.03 Å². The average Bonchev–Trinajstić information content (AvgIpc) is 2.65. The highest BCUT2D eigenvalue weighted by Gasteiger charge is 2.24. The van der Waals surface area contributed by atoms with E-state index in [2.05, 4.69) is 10.3 Å². The van der Waals surface area contributed by atoms with E-state index >= 15 is 0 Å². The van der Waals surface area contributed by atoms with Crippen LogP contribution in [0.15, 0.2) is 42.6 Å². The number of aryl methyl sites for hydroxylation is 1. The molecule has 1 N–H and O–H groups in total. The highest BCUT2D eigenvalue weighted by molar-refractivity contribution is 5.74. The zero-order valence-electron chi connectivity index (χ0n) is 14.6. The number of benzene rings is 1. The van der Waals surface area contributed by atoms with E-state index in [-0.39, 0.29) is 12.1 Å². The number of ether oxygens (including phenoxy) is 2. The van der Waals surface area contributed by atoms with Crippen LogP contribution < -0.4 is 14.8 Å². The molecule has 0 saturated carbocycles. The van der Waals surface area contributed by atoms with E-state index in [1.807, 2.05) is 50.2 Å². The SMILES string of the molecule is CCN(CC1COc2ccccc2O1)C(=O)NCc1ccc(C)nc1. The fraction of sp³-hybridized carbons (Fsp3) is 0.368. The predicted molar refractivity (Wildman–Crippen MR) is 94.8 cm³/mol. The third-order valence-electron chi connectivity index (χ3n) is 4.08. The number of hydrogen-bond acceptors (Lipinski definition) is 4. The lowest BCUT2D eigenvalue weighted by atomic mass is 10.2. The molecular formula is C19H23N3O3. The molecule has 0 spiro atoms. The fourth-order valence-electron chi connectivity index (χ4n) is 2.65. The number of fused-ring (bicyclic) bond motifs is 1. The van der Waals surface area contributed by atoms with Gasteiger partial charge in [0.1, 0.15) is 6.61 Å². The van der Waals surface area contributed by atoms with Gasteiger partial charge in [0.25, 0.3) is 0 Å². The summed E-state index contributed by atoms with van der Waals surface area (Å²) < 4.78 is 11.6. The second kappa shape index (κ2) is 7.88. The molecule has 25 heavy (non-hydrogen) atoms. The third-order valence-corrected chi connectivity index (χ3v) is 4.08. The van der Waals surface area contributed by atoms with Gasteiger partial charge in [-0.1, -0.05) is 18.2 Å². The van der Waals surface area contributed by atoms with E-state index in [4.69, 9.17) is 9.47 Å². The molecule has 2 aromatic rings. The Kier molecular flexibility index (Phi) is 5.38. The van der Waals surface area contributed by atoms with Crippen molar-refractivity contribution in [1.82, 2.24) is 15.2 Å². The van der Waals surface area contributed by atoms with Gasteiger partial charge in [-0.2, -0.15) is 0 Å². The van der Waals surface area contributed by atoms with Gasteiger partial charge in [0, 0.05) is 25.0 Å². The molecule has 0 saturated heterocycles. The first-order valence-corrected chi connectivity index (χ1v) is 8.48. The Labute approximate surface area is 147 Å². The number of aromatic nitrogens is 1. The van der Waals surface area contributed by atoms with E-state index in [9.17, 15) is 4.79 Å². The topological polar surface area (TPSA) is 63.7 Å². The number of pyridine rings is 1. The van der Waals surface area contributed by atoms with Crippen molar-refractivity contribution in [2.75, 3.05) is 19.7 Å². The lowest BCUT2D eigenvalue weighted by Gasteiger charge is -2.31. The van der Waals surface area contributed by atoms with Crippen LogP contribution in [0.4, 0.5) is 4.79 Å². The molecule has 0 aliphatic carbocycles. The summed E-state index contributed by atoms with van der Waals surface area (Å²) in [6.07, 6.45) is 1.60. The number of hydrogen-bond donors (Lipinski definition) is 1.